The summed E-state index contributed by atoms with van der Waals surface area (Å²) in [6, 6.07) is 5.81. The van der Waals surface area contributed by atoms with Gasteiger partial charge in [-0.15, -0.1) is 0 Å². The van der Waals surface area contributed by atoms with Gasteiger partial charge < -0.3 is 0 Å². The highest BCUT2D eigenvalue weighted by molar-refractivity contribution is 7.92. The lowest BCUT2D eigenvalue weighted by Crippen LogP contribution is -2.10. The van der Waals surface area contributed by atoms with Crippen LogP contribution in [0.3, 0.4) is 0 Å². The maximum absolute atomic E-state index is 11.3. The Kier molecular flexibility index (Phi) is 2.08. The lowest BCUT2D eigenvalue weighted by Gasteiger charge is -2.19. The zero-order chi connectivity index (χ0) is 11.3. The molecule has 0 spiro atoms. The van der Waals surface area contributed by atoms with Crippen LogP contribution in [-0.2, 0) is 21.2 Å². The summed E-state index contributed by atoms with van der Waals surface area (Å²) in [6.45, 7) is 6.35. The SMILES string of the molecule is CC(C)(C)c1ccc2c(c1)CS(=O)(=O)N2. The van der Waals surface area contributed by atoms with Gasteiger partial charge in [0.15, 0.2) is 0 Å². The van der Waals surface area contributed by atoms with E-state index in [1.165, 1.54) is 5.56 Å². The summed E-state index contributed by atoms with van der Waals surface area (Å²) < 4.78 is 25.2. The van der Waals surface area contributed by atoms with Gasteiger partial charge in [-0.3, -0.25) is 4.72 Å². The third-order valence-electron chi connectivity index (χ3n) is 2.58. The van der Waals surface area contributed by atoms with Crippen LogP contribution in [0.15, 0.2) is 18.2 Å². The van der Waals surface area contributed by atoms with Crippen molar-refractivity contribution in [1.82, 2.24) is 0 Å². The van der Waals surface area contributed by atoms with Crippen LogP contribution in [-0.4, -0.2) is 8.42 Å². The average molecular weight is 225 g/mol. The molecule has 2 rings (SSSR count). The van der Waals surface area contributed by atoms with Crippen LogP contribution in [0.5, 0.6) is 0 Å². The molecular weight excluding hydrogens is 210 g/mol. The smallest absolute Gasteiger partial charge is 0.237 e. The molecule has 0 fully saturated rings. The Bertz CT molecular complexity index is 498. The Morgan fingerprint density at radius 2 is 1.93 bits per heavy atom. The van der Waals surface area contributed by atoms with E-state index in [1.807, 2.05) is 18.2 Å². The van der Waals surface area contributed by atoms with E-state index in [9.17, 15) is 8.42 Å². The number of rotatable bonds is 0. The van der Waals surface area contributed by atoms with Crippen LogP contribution in [0.2, 0.25) is 0 Å². The van der Waals surface area contributed by atoms with Gasteiger partial charge in [-0.1, -0.05) is 32.9 Å². The minimum atomic E-state index is -3.12. The van der Waals surface area contributed by atoms with E-state index in [4.69, 9.17) is 0 Å². The van der Waals surface area contributed by atoms with E-state index in [-0.39, 0.29) is 11.2 Å². The van der Waals surface area contributed by atoms with E-state index in [2.05, 4.69) is 25.5 Å². The predicted octanol–water partition coefficient (Wildman–Crippen LogP) is 2.24. The number of hydrogen-bond donors (Lipinski definition) is 1. The van der Waals surface area contributed by atoms with E-state index in [1.54, 1.807) is 0 Å². The molecule has 1 aromatic rings. The van der Waals surface area contributed by atoms with Crippen LogP contribution >= 0.6 is 0 Å². The first-order valence-electron chi connectivity index (χ1n) is 4.92. The van der Waals surface area contributed by atoms with E-state index in [0.29, 0.717) is 0 Å². The minimum Gasteiger partial charge on any atom is -0.283 e. The Morgan fingerprint density at radius 3 is 2.53 bits per heavy atom. The molecule has 0 saturated heterocycles. The maximum Gasteiger partial charge on any atom is 0.237 e. The van der Waals surface area contributed by atoms with Crippen LogP contribution in [0.1, 0.15) is 31.9 Å². The molecule has 1 heterocycles. The van der Waals surface area contributed by atoms with Crippen LogP contribution < -0.4 is 4.72 Å². The van der Waals surface area contributed by atoms with Crippen molar-refractivity contribution in [2.24, 2.45) is 0 Å². The Labute approximate surface area is 90.6 Å². The number of nitrogens with one attached hydrogen (secondary N) is 1. The molecule has 0 aliphatic carbocycles. The molecule has 1 aliphatic rings. The van der Waals surface area contributed by atoms with Crippen molar-refractivity contribution >= 4 is 15.7 Å². The molecule has 0 unspecified atom stereocenters. The van der Waals surface area contributed by atoms with Crippen LogP contribution in [0.25, 0.3) is 0 Å². The van der Waals surface area contributed by atoms with Gasteiger partial charge in [-0.25, -0.2) is 8.42 Å². The topological polar surface area (TPSA) is 46.2 Å². The molecule has 82 valence electrons. The molecular formula is C11H15NO2S. The third kappa shape index (κ3) is 2.00. The summed E-state index contributed by atoms with van der Waals surface area (Å²) in [5, 5.41) is 0. The van der Waals surface area contributed by atoms with Gasteiger partial charge >= 0.3 is 0 Å². The normalized spacial score (nSPS) is 18.3. The van der Waals surface area contributed by atoms with Gasteiger partial charge in [0, 0.05) is 0 Å². The van der Waals surface area contributed by atoms with Gasteiger partial charge in [0.05, 0.1) is 11.4 Å². The molecule has 3 nitrogen and oxygen atoms in total. The second-order valence-electron chi connectivity index (χ2n) is 4.98. The van der Waals surface area contributed by atoms with Crippen molar-refractivity contribution in [2.75, 3.05) is 4.72 Å². The van der Waals surface area contributed by atoms with Gasteiger partial charge in [0.25, 0.3) is 0 Å². The molecule has 0 amide bonds. The average Bonchev–Trinajstić information content (AvgIpc) is 2.34. The zero-order valence-corrected chi connectivity index (χ0v) is 9.98. The van der Waals surface area contributed by atoms with Gasteiger partial charge in [0.1, 0.15) is 0 Å². The molecule has 1 N–H and O–H groups in total. The molecule has 0 radical (unpaired) electrons. The molecule has 4 heteroatoms. The summed E-state index contributed by atoms with van der Waals surface area (Å²) in [7, 11) is -3.12. The number of sulfonamides is 1. The summed E-state index contributed by atoms with van der Waals surface area (Å²) >= 11 is 0. The second kappa shape index (κ2) is 2.98. The number of benzene rings is 1. The quantitative estimate of drug-likeness (QED) is 0.736. The molecule has 15 heavy (non-hydrogen) atoms. The first-order valence-corrected chi connectivity index (χ1v) is 6.57. The summed E-state index contributed by atoms with van der Waals surface area (Å²) in [4.78, 5) is 0. The van der Waals surface area contributed by atoms with Crippen molar-refractivity contribution in [2.45, 2.75) is 31.9 Å². The number of hydrogen-bond acceptors (Lipinski definition) is 2. The fraction of sp³-hybridized carbons (Fsp3) is 0.455. The van der Waals surface area contributed by atoms with Crippen molar-refractivity contribution < 1.29 is 8.42 Å². The first kappa shape index (κ1) is 10.5. The minimum absolute atomic E-state index is 0.0569. The predicted molar refractivity (Wildman–Crippen MR) is 61.4 cm³/mol. The van der Waals surface area contributed by atoms with Gasteiger partial charge in [-0.05, 0) is 22.6 Å². The van der Waals surface area contributed by atoms with E-state index >= 15 is 0 Å². The second-order valence-corrected chi connectivity index (χ2v) is 6.71. The molecule has 1 aliphatic heterocycles. The fourth-order valence-corrected chi connectivity index (χ4v) is 2.94. The van der Waals surface area contributed by atoms with Crippen LogP contribution in [0.4, 0.5) is 5.69 Å². The van der Waals surface area contributed by atoms with Crippen molar-refractivity contribution in [3.8, 4) is 0 Å². The molecule has 0 bridgehead atoms. The monoisotopic (exact) mass is 225 g/mol. The highest BCUT2D eigenvalue weighted by Gasteiger charge is 2.25. The molecule has 0 aromatic heterocycles. The van der Waals surface area contributed by atoms with Crippen molar-refractivity contribution in [3.63, 3.8) is 0 Å². The summed E-state index contributed by atoms with van der Waals surface area (Å²) in [6.07, 6.45) is 0. The molecule has 1 aromatic carbocycles. The van der Waals surface area contributed by atoms with Crippen molar-refractivity contribution in [1.29, 1.82) is 0 Å². The lowest BCUT2D eigenvalue weighted by atomic mass is 9.86. The Morgan fingerprint density at radius 1 is 1.27 bits per heavy atom. The van der Waals surface area contributed by atoms with E-state index < -0.39 is 10.0 Å². The highest BCUT2D eigenvalue weighted by Crippen LogP contribution is 2.31. The summed E-state index contributed by atoms with van der Waals surface area (Å²) in [5.74, 6) is 0.103. The van der Waals surface area contributed by atoms with Crippen molar-refractivity contribution in [3.05, 3.63) is 29.3 Å². The van der Waals surface area contributed by atoms with Gasteiger partial charge in [-0.2, -0.15) is 0 Å². The summed E-state index contributed by atoms with van der Waals surface area (Å²) in [5.41, 5.74) is 2.83. The Balaban J connectivity index is 2.48. The maximum atomic E-state index is 11.3. The van der Waals surface area contributed by atoms with E-state index in [0.717, 1.165) is 11.3 Å². The zero-order valence-electron chi connectivity index (χ0n) is 9.16. The highest BCUT2D eigenvalue weighted by atomic mass is 32.2. The molecule has 0 atom stereocenters. The third-order valence-corrected chi connectivity index (χ3v) is 3.80. The number of anilines is 1. The standard InChI is InChI=1S/C11H15NO2S/c1-11(2,3)9-4-5-10-8(6-9)7-15(13,14)12-10/h4-6,12H,7H2,1-3H3. The first-order chi connectivity index (χ1) is 6.78. The fourth-order valence-electron chi connectivity index (χ4n) is 1.69. The van der Waals surface area contributed by atoms with Crippen LogP contribution in [0, 0.1) is 0 Å². The number of fused-ring (bicyclic) bond motifs is 1. The van der Waals surface area contributed by atoms with Gasteiger partial charge in [0.2, 0.25) is 10.0 Å². The largest absolute Gasteiger partial charge is 0.283 e. The Hall–Kier alpha value is -1.03. The molecule has 0 saturated carbocycles. The lowest BCUT2D eigenvalue weighted by molar-refractivity contribution is 0.589.